The summed E-state index contributed by atoms with van der Waals surface area (Å²) in [7, 11) is 3.81. The molecule has 0 unspecified atom stereocenters. The molecule has 8 nitrogen and oxygen atoms in total. The number of tetrazole rings is 1. The van der Waals surface area contributed by atoms with Gasteiger partial charge in [-0.1, -0.05) is 18.2 Å². The highest BCUT2D eigenvalue weighted by atomic mass is 16.2. The number of hydrogen-bond donors (Lipinski definition) is 0. The number of rotatable bonds is 7. The Morgan fingerprint density at radius 1 is 1.19 bits per heavy atom. The van der Waals surface area contributed by atoms with Crippen LogP contribution >= 0.6 is 0 Å². The Bertz CT molecular complexity index is 916. The molecule has 0 aliphatic carbocycles. The summed E-state index contributed by atoms with van der Waals surface area (Å²) in [5.74, 6) is 0.644. The van der Waals surface area contributed by atoms with Crippen LogP contribution in [0.1, 0.15) is 25.2 Å². The van der Waals surface area contributed by atoms with Gasteiger partial charge in [-0.3, -0.25) is 14.7 Å². The van der Waals surface area contributed by atoms with Gasteiger partial charge in [0.15, 0.2) is 5.82 Å². The first kappa shape index (κ1) is 18.9. The van der Waals surface area contributed by atoms with Crippen LogP contribution in [0.2, 0.25) is 0 Å². The zero-order chi connectivity index (χ0) is 19.4. The number of amides is 1. The van der Waals surface area contributed by atoms with E-state index in [4.69, 9.17) is 0 Å². The quantitative estimate of drug-likeness (QED) is 0.633. The van der Waals surface area contributed by atoms with Crippen LogP contribution in [0.4, 0.5) is 0 Å². The number of benzene rings is 1. The van der Waals surface area contributed by atoms with Crippen LogP contribution in [0.25, 0.3) is 10.8 Å². The van der Waals surface area contributed by atoms with Crippen molar-refractivity contribution in [3.8, 4) is 0 Å². The maximum Gasteiger partial charge on any atom is 0.244 e. The molecule has 142 valence electrons. The van der Waals surface area contributed by atoms with Gasteiger partial charge in [-0.2, -0.15) is 0 Å². The van der Waals surface area contributed by atoms with E-state index in [-0.39, 0.29) is 12.5 Å². The van der Waals surface area contributed by atoms with Gasteiger partial charge in [-0.05, 0) is 48.3 Å². The summed E-state index contributed by atoms with van der Waals surface area (Å²) >= 11 is 0. The third kappa shape index (κ3) is 4.46. The smallest absolute Gasteiger partial charge is 0.244 e. The minimum Gasteiger partial charge on any atom is -0.340 e. The second-order valence-corrected chi connectivity index (χ2v) is 7.03. The summed E-state index contributed by atoms with van der Waals surface area (Å²) in [5, 5.41) is 13.9. The molecule has 0 bridgehead atoms. The van der Waals surface area contributed by atoms with Crippen LogP contribution in [0, 0.1) is 0 Å². The summed E-state index contributed by atoms with van der Waals surface area (Å²) < 4.78 is 1.57. The van der Waals surface area contributed by atoms with Crippen molar-refractivity contribution in [1.82, 2.24) is 35.0 Å². The summed E-state index contributed by atoms with van der Waals surface area (Å²) in [6, 6.07) is 8.39. The molecule has 0 saturated carbocycles. The van der Waals surface area contributed by atoms with E-state index in [9.17, 15) is 4.79 Å². The molecular formula is C19H25N7O. The molecule has 0 spiro atoms. The molecule has 1 amide bonds. The van der Waals surface area contributed by atoms with E-state index in [1.807, 2.05) is 37.5 Å². The van der Waals surface area contributed by atoms with Crippen molar-refractivity contribution in [2.75, 3.05) is 14.1 Å². The fourth-order valence-corrected chi connectivity index (χ4v) is 2.78. The number of carbonyl (C=O) groups is 1. The van der Waals surface area contributed by atoms with Gasteiger partial charge in [0.2, 0.25) is 5.91 Å². The topological polar surface area (TPSA) is 80.0 Å². The zero-order valence-electron chi connectivity index (χ0n) is 16.2. The molecule has 3 aromatic rings. The molecule has 0 atom stereocenters. The van der Waals surface area contributed by atoms with Gasteiger partial charge < -0.3 is 4.90 Å². The molecule has 27 heavy (non-hydrogen) atoms. The van der Waals surface area contributed by atoms with Crippen LogP contribution in [-0.2, 0) is 24.4 Å². The third-order valence-electron chi connectivity index (χ3n) is 4.77. The number of carbonyl (C=O) groups excluding carboxylic acids is 1. The van der Waals surface area contributed by atoms with Gasteiger partial charge in [0.05, 0.1) is 6.54 Å². The molecule has 0 aliphatic rings. The lowest BCUT2D eigenvalue weighted by Crippen LogP contribution is -2.32. The zero-order valence-corrected chi connectivity index (χ0v) is 16.2. The number of nitrogens with zero attached hydrogens (tertiary/aromatic N) is 7. The molecule has 0 radical (unpaired) electrons. The lowest BCUT2D eigenvalue weighted by Gasteiger charge is -2.21. The second kappa shape index (κ2) is 8.22. The Morgan fingerprint density at radius 2 is 2.00 bits per heavy atom. The maximum atomic E-state index is 12.7. The standard InChI is InChI=1S/C19H25N7O/c1-14(2)24(3)12-18-21-22-23-26(18)13-19(27)25(4)11-16-7-5-6-15-10-20-9-8-17(15)16/h5-10,14H,11-13H2,1-4H3. The molecule has 0 saturated heterocycles. The predicted octanol–water partition coefficient (Wildman–Crippen LogP) is 1.72. The first-order valence-electron chi connectivity index (χ1n) is 8.96. The highest BCUT2D eigenvalue weighted by Gasteiger charge is 2.17. The minimum atomic E-state index is -0.0400. The SMILES string of the molecule is CC(C)N(C)Cc1nnnn1CC(=O)N(C)Cc1cccc2cnccc12. The number of likely N-dealkylation sites (N-methyl/N-ethyl adjacent to an activating group) is 1. The Kier molecular flexibility index (Phi) is 5.75. The number of fused-ring (bicyclic) bond motifs is 1. The molecule has 3 rings (SSSR count). The van der Waals surface area contributed by atoms with Crippen LogP contribution in [0.15, 0.2) is 36.7 Å². The van der Waals surface area contributed by atoms with E-state index < -0.39 is 0 Å². The van der Waals surface area contributed by atoms with Gasteiger partial charge in [-0.25, -0.2) is 4.68 Å². The maximum absolute atomic E-state index is 12.7. The summed E-state index contributed by atoms with van der Waals surface area (Å²) in [4.78, 5) is 20.7. The predicted molar refractivity (Wildman–Crippen MR) is 103 cm³/mol. The fourth-order valence-electron chi connectivity index (χ4n) is 2.78. The van der Waals surface area contributed by atoms with Crippen molar-refractivity contribution in [3.05, 3.63) is 48.0 Å². The highest BCUT2D eigenvalue weighted by molar-refractivity contribution is 5.85. The van der Waals surface area contributed by atoms with Crippen molar-refractivity contribution < 1.29 is 4.79 Å². The summed E-state index contributed by atoms with van der Waals surface area (Å²) in [5.41, 5.74) is 1.09. The Labute approximate surface area is 158 Å². The van der Waals surface area contributed by atoms with Crippen molar-refractivity contribution in [1.29, 1.82) is 0 Å². The molecular weight excluding hydrogens is 342 g/mol. The van der Waals surface area contributed by atoms with Gasteiger partial charge >= 0.3 is 0 Å². The van der Waals surface area contributed by atoms with E-state index in [0.29, 0.717) is 25.0 Å². The molecule has 0 fully saturated rings. The van der Waals surface area contributed by atoms with Gasteiger partial charge in [0.25, 0.3) is 0 Å². The van der Waals surface area contributed by atoms with E-state index in [1.165, 1.54) is 0 Å². The van der Waals surface area contributed by atoms with Gasteiger partial charge in [-0.15, -0.1) is 5.10 Å². The van der Waals surface area contributed by atoms with Crippen molar-refractivity contribution in [2.45, 2.75) is 39.5 Å². The second-order valence-electron chi connectivity index (χ2n) is 7.03. The average molecular weight is 367 g/mol. The molecule has 0 aliphatic heterocycles. The lowest BCUT2D eigenvalue weighted by molar-refractivity contribution is -0.131. The molecule has 2 heterocycles. The van der Waals surface area contributed by atoms with E-state index in [2.05, 4.69) is 39.3 Å². The monoisotopic (exact) mass is 367 g/mol. The van der Waals surface area contributed by atoms with Crippen LogP contribution in [-0.4, -0.2) is 61.0 Å². The number of aromatic nitrogens is 5. The van der Waals surface area contributed by atoms with Crippen molar-refractivity contribution in [3.63, 3.8) is 0 Å². The summed E-state index contributed by atoms with van der Waals surface area (Å²) in [6.45, 7) is 5.44. The molecule has 8 heteroatoms. The summed E-state index contributed by atoms with van der Waals surface area (Å²) in [6.07, 6.45) is 3.60. The first-order valence-corrected chi connectivity index (χ1v) is 8.96. The van der Waals surface area contributed by atoms with E-state index >= 15 is 0 Å². The van der Waals surface area contributed by atoms with Crippen LogP contribution in [0.3, 0.4) is 0 Å². The Morgan fingerprint density at radius 3 is 2.78 bits per heavy atom. The van der Waals surface area contributed by atoms with Crippen LogP contribution < -0.4 is 0 Å². The Balaban J connectivity index is 1.69. The van der Waals surface area contributed by atoms with Crippen molar-refractivity contribution >= 4 is 16.7 Å². The van der Waals surface area contributed by atoms with E-state index in [1.54, 1.807) is 22.8 Å². The molecule has 2 aromatic heterocycles. The van der Waals surface area contributed by atoms with E-state index in [0.717, 1.165) is 16.3 Å². The van der Waals surface area contributed by atoms with Crippen molar-refractivity contribution in [2.24, 2.45) is 0 Å². The lowest BCUT2D eigenvalue weighted by atomic mass is 10.1. The molecule has 0 N–H and O–H groups in total. The highest BCUT2D eigenvalue weighted by Crippen LogP contribution is 2.18. The minimum absolute atomic E-state index is 0.0400. The fraction of sp³-hybridized carbons (Fsp3) is 0.421. The van der Waals surface area contributed by atoms with Gasteiger partial charge in [0, 0.05) is 37.4 Å². The largest absolute Gasteiger partial charge is 0.340 e. The Hall–Kier alpha value is -2.87. The average Bonchev–Trinajstić information content (AvgIpc) is 3.08. The number of hydrogen-bond acceptors (Lipinski definition) is 6. The van der Waals surface area contributed by atoms with Crippen LogP contribution in [0.5, 0.6) is 0 Å². The third-order valence-corrected chi connectivity index (χ3v) is 4.77. The normalized spacial score (nSPS) is 11.5. The number of pyridine rings is 1. The molecule has 1 aromatic carbocycles. The van der Waals surface area contributed by atoms with Gasteiger partial charge in [0.1, 0.15) is 6.54 Å². The first-order chi connectivity index (χ1) is 13.0.